The van der Waals surface area contributed by atoms with Crippen molar-refractivity contribution in [3.8, 4) is 61.3 Å². The first-order valence-corrected chi connectivity index (χ1v) is 21.2. The minimum atomic E-state index is -3.17. The lowest BCUT2D eigenvalue weighted by atomic mass is 9.92. The maximum absolute atomic E-state index is 15.8. The number of aromatic nitrogens is 1. The molecule has 10 aromatic rings. The van der Waals surface area contributed by atoms with E-state index in [1.54, 1.807) is 0 Å². The summed E-state index contributed by atoms with van der Waals surface area (Å²) in [6.07, 6.45) is 0. The molecule has 1 aromatic heterocycles. The van der Waals surface area contributed by atoms with Crippen LogP contribution in [0, 0.1) is 0 Å². The molecule has 0 spiro atoms. The zero-order valence-electron chi connectivity index (χ0n) is 31.1. The molecule has 0 saturated heterocycles. The van der Waals surface area contributed by atoms with Crippen LogP contribution in [0.5, 0.6) is 0 Å². The highest BCUT2D eigenvalue weighted by Crippen LogP contribution is 2.55. The molecule has 2 nitrogen and oxygen atoms in total. The summed E-state index contributed by atoms with van der Waals surface area (Å²) in [7, 11) is -3.17. The molecule has 1 aliphatic rings. The molecule has 3 heteroatoms. The van der Waals surface area contributed by atoms with E-state index in [0.29, 0.717) is 0 Å². The van der Waals surface area contributed by atoms with E-state index in [1.807, 2.05) is 36.4 Å². The fourth-order valence-electron chi connectivity index (χ4n) is 8.91. The molecule has 0 radical (unpaired) electrons. The van der Waals surface area contributed by atoms with Gasteiger partial charge in [0.25, 0.3) is 0 Å². The van der Waals surface area contributed by atoms with E-state index in [4.69, 9.17) is 0 Å². The van der Waals surface area contributed by atoms with Crippen molar-refractivity contribution in [1.82, 2.24) is 4.57 Å². The van der Waals surface area contributed by atoms with E-state index in [0.717, 1.165) is 65.7 Å². The topological polar surface area (TPSA) is 22.0 Å². The third-order valence-electron chi connectivity index (χ3n) is 11.6. The van der Waals surface area contributed by atoms with Crippen LogP contribution in [-0.4, -0.2) is 4.57 Å². The molecule has 0 amide bonds. The largest absolute Gasteiger partial charge is 0.309 e. The molecule has 0 fully saturated rings. The summed E-state index contributed by atoms with van der Waals surface area (Å²) in [5.41, 5.74) is 14.8. The number of rotatable bonds is 6. The van der Waals surface area contributed by atoms with Gasteiger partial charge in [-0.25, -0.2) is 0 Å². The van der Waals surface area contributed by atoms with Gasteiger partial charge >= 0.3 is 0 Å². The smallest absolute Gasteiger partial charge is 0.172 e. The lowest BCUT2D eigenvalue weighted by Crippen LogP contribution is -2.21. The van der Waals surface area contributed by atoms with E-state index in [2.05, 4.69) is 187 Å². The molecule has 9 aromatic carbocycles. The zero-order chi connectivity index (χ0) is 37.9. The Morgan fingerprint density at radius 2 is 0.825 bits per heavy atom. The van der Waals surface area contributed by atoms with Crippen molar-refractivity contribution in [2.45, 2.75) is 0 Å². The van der Waals surface area contributed by atoms with Gasteiger partial charge in [0, 0.05) is 32.4 Å². The molecule has 2 heterocycles. The van der Waals surface area contributed by atoms with E-state index in [-0.39, 0.29) is 0 Å². The minimum Gasteiger partial charge on any atom is -0.309 e. The third-order valence-corrected chi connectivity index (χ3v) is 14.8. The van der Waals surface area contributed by atoms with Crippen molar-refractivity contribution in [2.24, 2.45) is 0 Å². The van der Waals surface area contributed by atoms with Gasteiger partial charge in [-0.15, -0.1) is 0 Å². The Hall–Kier alpha value is -6.99. The number of para-hydroxylation sites is 1. The molecule has 268 valence electrons. The Morgan fingerprint density at radius 3 is 1.46 bits per heavy atom. The molecule has 0 bridgehead atoms. The van der Waals surface area contributed by atoms with E-state index >= 15 is 4.57 Å². The lowest BCUT2D eigenvalue weighted by molar-refractivity contribution is 0.593. The van der Waals surface area contributed by atoms with Crippen LogP contribution in [0.1, 0.15) is 0 Å². The molecule has 57 heavy (non-hydrogen) atoms. The summed E-state index contributed by atoms with van der Waals surface area (Å²) in [4.78, 5) is 0. The molecule has 1 aliphatic heterocycles. The Labute approximate surface area is 332 Å². The quantitative estimate of drug-likeness (QED) is 0.155. The van der Waals surface area contributed by atoms with Crippen molar-refractivity contribution < 1.29 is 4.57 Å². The maximum atomic E-state index is 15.8. The summed E-state index contributed by atoms with van der Waals surface area (Å²) >= 11 is 0. The lowest BCUT2D eigenvalue weighted by Gasteiger charge is -2.17. The van der Waals surface area contributed by atoms with Crippen LogP contribution in [0.2, 0.25) is 0 Å². The van der Waals surface area contributed by atoms with Gasteiger partial charge in [-0.2, -0.15) is 0 Å². The Morgan fingerprint density at radius 1 is 0.351 bits per heavy atom. The van der Waals surface area contributed by atoms with Gasteiger partial charge in [-0.3, -0.25) is 0 Å². The van der Waals surface area contributed by atoms with Gasteiger partial charge in [0.05, 0.1) is 11.0 Å². The molecule has 1 atom stereocenters. The van der Waals surface area contributed by atoms with Gasteiger partial charge in [-0.1, -0.05) is 176 Å². The fourth-order valence-corrected chi connectivity index (χ4v) is 12.2. The van der Waals surface area contributed by atoms with Crippen molar-refractivity contribution >= 4 is 44.9 Å². The molecule has 11 rings (SSSR count). The summed E-state index contributed by atoms with van der Waals surface area (Å²) in [5.74, 6) is 0. The van der Waals surface area contributed by atoms with Gasteiger partial charge in [-0.05, 0) is 98.1 Å². The van der Waals surface area contributed by atoms with E-state index in [1.165, 1.54) is 33.4 Å². The summed E-state index contributed by atoms with van der Waals surface area (Å²) in [5, 5.41) is 4.91. The fraction of sp³-hybridized carbons (Fsp3) is 0. The van der Waals surface area contributed by atoms with Crippen LogP contribution in [0.3, 0.4) is 0 Å². The highest BCUT2D eigenvalue weighted by atomic mass is 31.2. The third kappa shape index (κ3) is 5.37. The summed E-state index contributed by atoms with van der Waals surface area (Å²) in [6.45, 7) is 0. The summed E-state index contributed by atoms with van der Waals surface area (Å²) < 4.78 is 18.1. The van der Waals surface area contributed by atoms with Crippen LogP contribution in [0.4, 0.5) is 0 Å². The first-order valence-electron chi connectivity index (χ1n) is 19.4. The Kier molecular flexibility index (Phi) is 7.81. The molecule has 0 saturated carbocycles. The van der Waals surface area contributed by atoms with Crippen molar-refractivity contribution in [3.63, 3.8) is 0 Å². The van der Waals surface area contributed by atoms with Gasteiger partial charge in [0.1, 0.15) is 0 Å². The minimum absolute atomic E-state index is 0.870. The highest BCUT2D eigenvalue weighted by molar-refractivity contribution is 7.86. The van der Waals surface area contributed by atoms with Crippen LogP contribution in [0.25, 0.3) is 83.1 Å². The maximum Gasteiger partial charge on any atom is 0.172 e. The van der Waals surface area contributed by atoms with E-state index in [9.17, 15) is 0 Å². The van der Waals surface area contributed by atoms with Gasteiger partial charge < -0.3 is 9.13 Å². The number of fused-ring (bicyclic) bond motifs is 7. The number of hydrogen-bond donors (Lipinski definition) is 0. The summed E-state index contributed by atoms with van der Waals surface area (Å²) in [6, 6.07) is 77.2. The SMILES string of the molecule is O=P1(c2ccccc2)c2ccccc2-c2ccc3c(c21)c1ccccc1n3-c1ccc(-c2cc(-c3ccccc3)cc(-c3ccc(-c4ccccc4)cc3)c2)cc1. The first kappa shape index (κ1) is 33.4. The second-order valence-electron chi connectivity index (χ2n) is 14.8. The number of nitrogens with zero attached hydrogens (tertiary/aromatic N) is 1. The monoisotopic (exact) mass is 745 g/mol. The highest BCUT2D eigenvalue weighted by Gasteiger charge is 2.42. The van der Waals surface area contributed by atoms with Crippen LogP contribution >= 0.6 is 7.14 Å². The van der Waals surface area contributed by atoms with E-state index < -0.39 is 7.14 Å². The average Bonchev–Trinajstić information content (AvgIpc) is 3.77. The Balaban J connectivity index is 1.05. The van der Waals surface area contributed by atoms with Crippen LogP contribution < -0.4 is 15.9 Å². The van der Waals surface area contributed by atoms with Crippen LogP contribution in [0.15, 0.2) is 218 Å². The number of benzene rings is 9. The second kappa shape index (κ2) is 13.3. The molecule has 0 aliphatic carbocycles. The first-order chi connectivity index (χ1) is 28.1. The molecule has 0 N–H and O–H groups in total. The average molecular weight is 746 g/mol. The zero-order valence-corrected chi connectivity index (χ0v) is 32.0. The van der Waals surface area contributed by atoms with Crippen molar-refractivity contribution in [1.29, 1.82) is 0 Å². The predicted molar refractivity (Wildman–Crippen MR) is 241 cm³/mol. The normalized spacial score (nSPS) is 14.5. The molecular weight excluding hydrogens is 710 g/mol. The molecular formula is C54H36NOP. The second-order valence-corrected chi connectivity index (χ2v) is 17.5. The Bertz CT molecular complexity index is 3170. The van der Waals surface area contributed by atoms with Crippen molar-refractivity contribution in [2.75, 3.05) is 0 Å². The van der Waals surface area contributed by atoms with Crippen molar-refractivity contribution in [3.05, 3.63) is 218 Å². The van der Waals surface area contributed by atoms with Gasteiger partial charge in [0.15, 0.2) is 7.14 Å². The molecule has 1 unspecified atom stereocenters. The standard InChI is InChI=1S/C54H36NOP/c56-57(46-18-8-3-9-19-46)52-23-13-11-20-47(52)48-32-33-51-53(54(48)57)49-21-10-12-22-50(49)55(51)45-30-28-41(29-31-45)44-35-42(38-16-6-2-7-17-38)34-43(36-44)40-26-24-39(25-27-40)37-14-4-1-5-15-37/h1-36H. The van der Waals surface area contributed by atoms with Crippen LogP contribution in [-0.2, 0) is 4.57 Å². The van der Waals surface area contributed by atoms with Gasteiger partial charge in [0.2, 0.25) is 0 Å². The predicted octanol–water partition coefficient (Wildman–Crippen LogP) is 13.1. The number of hydrogen-bond acceptors (Lipinski definition) is 1.